The molecule has 0 saturated heterocycles. The molecule has 0 amide bonds. The van der Waals surface area contributed by atoms with E-state index in [1.165, 1.54) is 327 Å². The average Bonchev–Trinajstić information content (AvgIpc) is 3.49. The minimum atomic E-state index is -0.775. The number of unbranched alkanes of at least 4 members (excludes halogenated alkanes) is 56. The van der Waals surface area contributed by atoms with Crippen molar-refractivity contribution in [3.63, 3.8) is 0 Å². The molecule has 1 unspecified atom stereocenters. The van der Waals surface area contributed by atoms with Crippen molar-refractivity contribution in [3.8, 4) is 0 Å². The summed E-state index contributed by atoms with van der Waals surface area (Å²) < 4.78 is 17.0. The van der Waals surface area contributed by atoms with Gasteiger partial charge in [-0.25, -0.2) is 0 Å². The summed E-state index contributed by atoms with van der Waals surface area (Å²) in [4.78, 5) is 38.5. The van der Waals surface area contributed by atoms with Gasteiger partial charge >= 0.3 is 17.9 Å². The molecule has 0 aromatic heterocycles. The highest BCUT2D eigenvalue weighted by atomic mass is 16.6. The van der Waals surface area contributed by atoms with Gasteiger partial charge in [-0.3, -0.25) is 14.4 Å². The maximum absolute atomic E-state index is 13.0. The van der Waals surface area contributed by atoms with Gasteiger partial charge in [-0.05, 0) is 70.6 Å². The standard InChI is InChI=1S/C77H146O6/c1-4-7-10-13-16-19-22-25-28-31-33-35-36-37-38-39-40-41-43-44-46-49-52-55-58-61-64-67-70-76(79)82-73-74(72-81-75(78)69-66-63-60-57-54-51-48-30-27-24-21-18-15-12-9-6-3)83-77(80)71-68-65-62-59-56-53-50-47-45-42-34-32-29-26-23-20-17-14-11-8-5-2/h30,32,34,48,74H,4-29,31,33,35-47,49-73H2,1-3H3/b34-32-,48-30-. The molecule has 0 fully saturated rings. The lowest BCUT2D eigenvalue weighted by molar-refractivity contribution is -0.167. The lowest BCUT2D eigenvalue weighted by atomic mass is 10.0. The first kappa shape index (κ1) is 80.9. The third-order valence-electron chi connectivity index (χ3n) is 17.4. The Hall–Kier alpha value is -2.11. The number of carbonyl (C=O) groups is 3. The van der Waals surface area contributed by atoms with Gasteiger partial charge in [0.2, 0.25) is 0 Å². The van der Waals surface area contributed by atoms with Crippen LogP contribution in [0.3, 0.4) is 0 Å². The minimum absolute atomic E-state index is 0.0690. The van der Waals surface area contributed by atoms with E-state index in [-0.39, 0.29) is 31.1 Å². The average molecular weight is 1170 g/mol. The third kappa shape index (κ3) is 70.5. The first-order valence-corrected chi connectivity index (χ1v) is 37.8. The third-order valence-corrected chi connectivity index (χ3v) is 17.4. The van der Waals surface area contributed by atoms with Gasteiger partial charge in [-0.15, -0.1) is 0 Å². The molecule has 0 aliphatic heterocycles. The molecule has 0 aliphatic carbocycles. The van der Waals surface area contributed by atoms with Crippen LogP contribution in [0.1, 0.15) is 432 Å². The van der Waals surface area contributed by atoms with E-state index < -0.39 is 6.10 Å². The van der Waals surface area contributed by atoms with Crippen molar-refractivity contribution in [3.05, 3.63) is 24.3 Å². The Balaban J connectivity index is 4.23. The predicted octanol–water partition coefficient (Wildman–Crippen LogP) is 26.1. The zero-order valence-corrected chi connectivity index (χ0v) is 56.5. The van der Waals surface area contributed by atoms with Gasteiger partial charge in [0.05, 0.1) is 0 Å². The number of ether oxygens (including phenoxy) is 3. The summed E-state index contributed by atoms with van der Waals surface area (Å²) in [5, 5.41) is 0. The largest absolute Gasteiger partial charge is 0.462 e. The van der Waals surface area contributed by atoms with Crippen LogP contribution in [0, 0.1) is 0 Å². The van der Waals surface area contributed by atoms with Crippen molar-refractivity contribution in [2.45, 2.75) is 438 Å². The monoisotopic (exact) mass is 1170 g/mol. The number of rotatable bonds is 71. The van der Waals surface area contributed by atoms with Crippen molar-refractivity contribution in [2.24, 2.45) is 0 Å². The van der Waals surface area contributed by atoms with Gasteiger partial charge in [0.15, 0.2) is 6.10 Å². The summed E-state index contributed by atoms with van der Waals surface area (Å²) in [6.07, 6.45) is 89.4. The van der Waals surface area contributed by atoms with E-state index in [0.29, 0.717) is 19.3 Å². The van der Waals surface area contributed by atoms with Crippen LogP contribution in [0.25, 0.3) is 0 Å². The number of allylic oxidation sites excluding steroid dienone is 4. The van der Waals surface area contributed by atoms with E-state index in [0.717, 1.165) is 64.2 Å². The fourth-order valence-corrected chi connectivity index (χ4v) is 11.7. The van der Waals surface area contributed by atoms with Crippen LogP contribution in [-0.4, -0.2) is 37.2 Å². The van der Waals surface area contributed by atoms with Crippen LogP contribution < -0.4 is 0 Å². The molecule has 0 radical (unpaired) electrons. The molecule has 0 N–H and O–H groups in total. The fourth-order valence-electron chi connectivity index (χ4n) is 11.7. The second-order valence-electron chi connectivity index (χ2n) is 25.9. The zero-order valence-electron chi connectivity index (χ0n) is 56.5. The summed E-state index contributed by atoms with van der Waals surface area (Å²) >= 11 is 0. The Morgan fingerprint density at radius 3 is 0.602 bits per heavy atom. The van der Waals surface area contributed by atoms with Gasteiger partial charge in [-0.1, -0.05) is 366 Å². The van der Waals surface area contributed by atoms with Crippen LogP contribution in [0.2, 0.25) is 0 Å². The molecule has 0 spiro atoms. The van der Waals surface area contributed by atoms with E-state index in [2.05, 4.69) is 45.1 Å². The van der Waals surface area contributed by atoms with Gasteiger partial charge in [-0.2, -0.15) is 0 Å². The second kappa shape index (κ2) is 72.4. The first-order chi connectivity index (χ1) is 41.0. The van der Waals surface area contributed by atoms with E-state index in [1.54, 1.807) is 0 Å². The van der Waals surface area contributed by atoms with Gasteiger partial charge in [0.25, 0.3) is 0 Å². The Morgan fingerprint density at radius 2 is 0.398 bits per heavy atom. The first-order valence-electron chi connectivity index (χ1n) is 37.8. The van der Waals surface area contributed by atoms with Crippen LogP contribution in [-0.2, 0) is 28.6 Å². The number of carbonyl (C=O) groups excluding carboxylic acids is 3. The molecule has 6 nitrogen and oxygen atoms in total. The van der Waals surface area contributed by atoms with Gasteiger partial charge in [0, 0.05) is 19.3 Å². The Morgan fingerprint density at radius 1 is 0.229 bits per heavy atom. The molecule has 0 aliphatic rings. The minimum Gasteiger partial charge on any atom is -0.462 e. The van der Waals surface area contributed by atoms with E-state index in [1.807, 2.05) is 0 Å². The summed E-state index contributed by atoms with van der Waals surface area (Å²) in [5.41, 5.74) is 0. The lowest BCUT2D eigenvalue weighted by Crippen LogP contribution is -2.30. The molecule has 1 atom stereocenters. The van der Waals surface area contributed by atoms with Crippen LogP contribution in [0.5, 0.6) is 0 Å². The predicted molar refractivity (Wildman–Crippen MR) is 363 cm³/mol. The highest BCUT2D eigenvalue weighted by molar-refractivity contribution is 5.71. The maximum atomic E-state index is 13.0. The SMILES string of the molecule is CCCCCCCCC/C=C\CCCCCCCC(=O)OCC(COC(=O)CCCCCCCCCCCCCCCCCCCCCCCCCCCCCC)OC(=O)CCCCCCCCCCC/C=C\CCCCCCCCCC. The molecular weight excluding hydrogens is 1020 g/mol. The summed E-state index contributed by atoms with van der Waals surface area (Å²) in [7, 11) is 0. The van der Waals surface area contributed by atoms with Gasteiger partial charge < -0.3 is 14.2 Å². The van der Waals surface area contributed by atoms with Crippen molar-refractivity contribution in [1.82, 2.24) is 0 Å². The normalized spacial score (nSPS) is 12.1. The molecule has 0 aromatic carbocycles. The van der Waals surface area contributed by atoms with Crippen molar-refractivity contribution in [2.75, 3.05) is 13.2 Å². The van der Waals surface area contributed by atoms with Crippen molar-refractivity contribution < 1.29 is 28.6 Å². The second-order valence-corrected chi connectivity index (χ2v) is 25.9. The Bertz CT molecular complexity index is 1340. The van der Waals surface area contributed by atoms with Crippen molar-refractivity contribution >= 4 is 17.9 Å². The van der Waals surface area contributed by atoms with Crippen LogP contribution >= 0.6 is 0 Å². The van der Waals surface area contributed by atoms with E-state index >= 15 is 0 Å². The summed E-state index contributed by atoms with van der Waals surface area (Å²) in [6.45, 7) is 6.72. The van der Waals surface area contributed by atoms with Crippen LogP contribution in [0.15, 0.2) is 24.3 Å². The molecule has 0 aromatic rings. The Labute approximate surface area is 519 Å². The summed E-state index contributed by atoms with van der Waals surface area (Å²) in [6, 6.07) is 0. The number of esters is 3. The maximum Gasteiger partial charge on any atom is 0.306 e. The molecule has 490 valence electrons. The molecule has 0 saturated carbocycles. The summed E-state index contributed by atoms with van der Waals surface area (Å²) in [5.74, 6) is -0.845. The zero-order chi connectivity index (χ0) is 59.9. The molecule has 83 heavy (non-hydrogen) atoms. The molecule has 0 rings (SSSR count). The fraction of sp³-hybridized carbons (Fsp3) is 0.909. The topological polar surface area (TPSA) is 78.9 Å². The quantitative estimate of drug-likeness (QED) is 0.0261. The van der Waals surface area contributed by atoms with Crippen LogP contribution in [0.4, 0.5) is 0 Å². The molecule has 0 heterocycles. The highest BCUT2D eigenvalue weighted by Gasteiger charge is 2.20. The van der Waals surface area contributed by atoms with E-state index in [9.17, 15) is 14.4 Å². The molecule has 6 heteroatoms. The van der Waals surface area contributed by atoms with Crippen molar-refractivity contribution in [1.29, 1.82) is 0 Å². The molecule has 0 bridgehead atoms. The smallest absolute Gasteiger partial charge is 0.306 e. The highest BCUT2D eigenvalue weighted by Crippen LogP contribution is 2.19. The lowest BCUT2D eigenvalue weighted by Gasteiger charge is -2.18. The Kier molecular flexibility index (Phi) is 70.5. The molecular formula is C77H146O6. The van der Waals surface area contributed by atoms with E-state index in [4.69, 9.17) is 14.2 Å². The number of hydrogen-bond donors (Lipinski definition) is 0. The number of hydrogen-bond acceptors (Lipinski definition) is 6. The van der Waals surface area contributed by atoms with Gasteiger partial charge in [0.1, 0.15) is 13.2 Å².